The Bertz CT molecular complexity index is 413. The number of aliphatic hydroxyl groups is 1. The van der Waals surface area contributed by atoms with Gasteiger partial charge in [0.2, 0.25) is 5.91 Å². The summed E-state index contributed by atoms with van der Waals surface area (Å²) in [5.74, 6) is 0.673. The normalized spacial score (nSPS) is 10.5. The van der Waals surface area contributed by atoms with E-state index in [4.69, 9.17) is 9.84 Å². The van der Waals surface area contributed by atoms with Crippen LogP contribution < -0.4 is 10.1 Å². The lowest BCUT2D eigenvalue weighted by Crippen LogP contribution is -2.19. The monoisotopic (exact) mass is 235 g/mol. The molecule has 0 aliphatic rings. The van der Waals surface area contributed by atoms with Gasteiger partial charge in [-0.15, -0.1) is 0 Å². The van der Waals surface area contributed by atoms with Crippen LogP contribution in [0.25, 0.3) is 6.08 Å². The number of benzene rings is 1. The predicted octanol–water partition coefficient (Wildman–Crippen LogP) is 1.34. The lowest BCUT2D eigenvalue weighted by Gasteiger charge is -2.06. The third-order valence-corrected chi connectivity index (χ3v) is 2.24. The van der Waals surface area contributed by atoms with Gasteiger partial charge in [-0.05, 0) is 17.7 Å². The Kier molecular flexibility index (Phi) is 5.23. The maximum atomic E-state index is 10.7. The maximum absolute atomic E-state index is 10.7. The highest BCUT2D eigenvalue weighted by Gasteiger charge is 2.00. The molecule has 0 heterocycles. The van der Waals surface area contributed by atoms with E-state index in [0.717, 1.165) is 16.9 Å². The van der Waals surface area contributed by atoms with Crippen LogP contribution >= 0.6 is 0 Å². The number of aliphatic hydroxyl groups excluding tert-OH is 1. The molecule has 0 radical (unpaired) electrons. The first-order valence-electron chi connectivity index (χ1n) is 5.36. The van der Waals surface area contributed by atoms with Crippen molar-refractivity contribution in [3.8, 4) is 5.75 Å². The summed E-state index contributed by atoms with van der Waals surface area (Å²) in [4.78, 5) is 10.7. The van der Waals surface area contributed by atoms with E-state index in [1.54, 1.807) is 7.11 Å². The van der Waals surface area contributed by atoms with Crippen molar-refractivity contribution in [2.75, 3.05) is 13.7 Å². The minimum absolute atomic E-state index is 0.00344. The third kappa shape index (κ3) is 4.28. The second-order valence-electron chi connectivity index (χ2n) is 3.57. The van der Waals surface area contributed by atoms with E-state index in [9.17, 15) is 4.79 Å². The summed E-state index contributed by atoms with van der Waals surface area (Å²) in [5, 5.41) is 11.7. The average Bonchev–Trinajstić information content (AvgIpc) is 2.34. The van der Waals surface area contributed by atoms with Gasteiger partial charge in [0, 0.05) is 19.0 Å². The second-order valence-corrected chi connectivity index (χ2v) is 3.57. The largest absolute Gasteiger partial charge is 0.496 e. The summed E-state index contributed by atoms with van der Waals surface area (Å²) in [6.07, 6.45) is 3.69. The molecule has 0 spiro atoms. The van der Waals surface area contributed by atoms with E-state index in [1.165, 1.54) is 6.92 Å². The molecule has 0 aliphatic heterocycles. The van der Waals surface area contributed by atoms with Gasteiger partial charge in [-0.1, -0.05) is 18.2 Å². The molecular formula is C13H17NO3. The van der Waals surface area contributed by atoms with Crippen molar-refractivity contribution < 1.29 is 14.6 Å². The van der Waals surface area contributed by atoms with Crippen LogP contribution in [0.5, 0.6) is 5.75 Å². The number of carbonyl (C=O) groups is 1. The molecule has 1 amide bonds. The summed E-state index contributed by atoms with van der Waals surface area (Å²) >= 11 is 0. The van der Waals surface area contributed by atoms with Gasteiger partial charge in [0.1, 0.15) is 5.75 Å². The fourth-order valence-corrected chi connectivity index (χ4v) is 1.40. The van der Waals surface area contributed by atoms with Crippen molar-refractivity contribution in [3.63, 3.8) is 0 Å². The lowest BCUT2D eigenvalue weighted by atomic mass is 10.1. The number of methoxy groups -OCH3 is 1. The molecule has 1 rings (SSSR count). The zero-order valence-corrected chi connectivity index (χ0v) is 10.1. The van der Waals surface area contributed by atoms with Crippen molar-refractivity contribution in [1.82, 2.24) is 5.32 Å². The molecule has 1 aromatic carbocycles. The standard InChI is InChI=1S/C13H17NO3/c1-10(16)14-7-3-4-12-8-11(9-15)5-6-13(12)17-2/h3-6,8,15H,7,9H2,1-2H3,(H,14,16). The number of hydrogen-bond acceptors (Lipinski definition) is 3. The van der Waals surface area contributed by atoms with E-state index in [-0.39, 0.29) is 12.5 Å². The van der Waals surface area contributed by atoms with E-state index in [0.29, 0.717) is 6.54 Å². The molecule has 0 saturated heterocycles. The number of hydrogen-bond donors (Lipinski definition) is 2. The van der Waals surface area contributed by atoms with E-state index in [2.05, 4.69) is 5.32 Å². The smallest absolute Gasteiger partial charge is 0.217 e. The summed E-state index contributed by atoms with van der Waals surface area (Å²) in [7, 11) is 1.60. The Balaban J connectivity index is 2.76. The average molecular weight is 235 g/mol. The molecule has 0 unspecified atom stereocenters. The van der Waals surface area contributed by atoms with Crippen molar-refractivity contribution in [2.24, 2.45) is 0 Å². The molecule has 0 bridgehead atoms. The number of nitrogens with one attached hydrogen (secondary N) is 1. The summed E-state index contributed by atoms with van der Waals surface area (Å²) < 4.78 is 5.20. The van der Waals surface area contributed by atoms with E-state index >= 15 is 0 Å². The van der Waals surface area contributed by atoms with Crippen LogP contribution in [-0.2, 0) is 11.4 Å². The number of rotatable bonds is 5. The quantitative estimate of drug-likeness (QED) is 0.809. The number of carbonyl (C=O) groups excluding carboxylic acids is 1. The summed E-state index contributed by atoms with van der Waals surface area (Å²) in [6, 6.07) is 5.47. The van der Waals surface area contributed by atoms with Crippen LogP contribution in [0.4, 0.5) is 0 Å². The molecule has 0 aromatic heterocycles. The molecule has 4 heteroatoms. The van der Waals surface area contributed by atoms with E-state index in [1.807, 2.05) is 30.4 Å². The van der Waals surface area contributed by atoms with Crippen LogP contribution in [0.2, 0.25) is 0 Å². The van der Waals surface area contributed by atoms with Crippen LogP contribution in [-0.4, -0.2) is 24.7 Å². The van der Waals surface area contributed by atoms with Crippen molar-refractivity contribution >= 4 is 12.0 Å². The highest BCUT2D eigenvalue weighted by molar-refractivity contribution is 5.73. The third-order valence-electron chi connectivity index (χ3n) is 2.24. The van der Waals surface area contributed by atoms with Gasteiger partial charge in [0.25, 0.3) is 0 Å². The Labute approximate surface area is 101 Å². The van der Waals surface area contributed by atoms with Crippen molar-refractivity contribution in [2.45, 2.75) is 13.5 Å². The molecule has 0 saturated carbocycles. The zero-order valence-electron chi connectivity index (χ0n) is 10.1. The molecule has 4 nitrogen and oxygen atoms in total. The highest BCUT2D eigenvalue weighted by atomic mass is 16.5. The number of amides is 1. The van der Waals surface area contributed by atoms with E-state index < -0.39 is 0 Å². The molecule has 1 aromatic rings. The predicted molar refractivity (Wildman–Crippen MR) is 66.6 cm³/mol. The molecule has 0 fully saturated rings. The lowest BCUT2D eigenvalue weighted by molar-refractivity contribution is -0.118. The van der Waals surface area contributed by atoms with Crippen molar-refractivity contribution in [1.29, 1.82) is 0 Å². The van der Waals surface area contributed by atoms with Gasteiger partial charge >= 0.3 is 0 Å². The van der Waals surface area contributed by atoms with Gasteiger partial charge in [-0.3, -0.25) is 4.79 Å². The Hall–Kier alpha value is -1.81. The minimum Gasteiger partial charge on any atom is -0.496 e. The topological polar surface area (TPSA) is 58.6 Å². The van der Waals surface area contributed by atoms with Gasteiger partial charge in [0.15, 0.2) is 0 Å². The highest BCUT2D eigenvalue weighted by Crippen LogP contribution is 2.21. The molecule has 92 valence electrons. The summed E-state index contributed by atoms with van der Waals surface area (Å²) in [5.41, 5.74) is 1.70. The van der Waals surface area contributed by atoms with Gasteiger partial charge < -0.3 is 15.2 Å². The Morgan fingerprint density at radius 2 is 2.29 bits per heavy atom. The van der Waals surface area contributed by atoms with Gasteiger partial charge in [0.05, 0.1) is 13.7 Å². The van der Waals surface area contributed by atoms with Crippen LogP contribution in [0.1, 0.15) is 18.1 Å². The first-order chi connectivity index (χ1) is 8.17. The SMILES string of the molecule is COc1ccc(CO)cc1C=CCNC(C)=O. The van der Waals surface area contributed by atoms with Crippen LogP contribution in [0.3, 0.4) is 0 Å². The molecule has 2 N–H and O–H groups in total. The molecule has 0 aliphatic carbocycles. The minimum atomic E-state index is -0.0641. The first kappa shape index (κ1) is 13.3. The Morgan fingerprint density at radius 1 is 1.53 bits per heavy atom. The zero-order chi connectivity index (χ0) is 12.7. The molecular weight excluding hydrogens is 218 g/mol. The van der Waals surface area contributed by atoms with Gasteiger partial charge in [-0.2, -0.15) is 0 Å². The second kappa shape index (κ2) is 6.70. The first-order valence-corrected chi connectivity index (χ1v) is 5.36. The fourth-order valence-electron chi connectivity index (χ4n) is 1.40. The van der Waals surface area contributed by atoms with Crippen molar-refractivity contribution in [3.05, 3.63) is 35.4 Å². The van der Waals surface area contributed by atoms with Crippen LogP contribution in [0.15, 0.2) is 24.3 Å². The molecule has 0 atom stereocenters. The van der Waals surface area contributed by atoms with Gasteiger partial charge in [-0.25, -0.2) is 0 Å². The Morgan fingerprint density at radius 3 is 2.88 bits per heavy atom. The fraction of sp³-hybridized carbons (Fsp3) is 0.308. The van der Waals surface area contributed by atoms with Crippen LogP contribution in [0, 0.1) is 0 Å². The summed E-state index contributed by atoms with van der Waals surface area (Å²) in [6.45, 7) is 1.94. The number of ether oxygens (including phenoxy) is 1. The maximum Gasteiger partial charge on any atom is 0.217 e. The molecule has 17 heavy (non-hydrogen) atoms.